The van der Waals surface area contributed by atoms with E-state index >= 15 is 0 Å². The summed E-state index contributed by atoms with van der Waals surface area (Å²) in [5.41, 5.74) is 6.61. The van der Waals surface area contributed by atoms with Crippen LogP contribution in [0.4, 0.5) is 0 Å². The van der Waals surface area contributed by atoms with E-state index in [0.717, 1.165) is 27.6 Å². The fraction of sp³-hybridized carbons (Fsp3) is 0.0323. The van der Waals surface area contributed by atoms with Crippen molar-refractivity contribution in [1.29, 1.82) is 0 Å². The number of rotatable bonds is 2. The Morgan fingerprint density at radius 1 is 0.514 bits per heavy atom. The number of fused-ring (bicyclic) bond motifs is 3. The molecule has 2 amide bonds. The molecule has 4 heteroatoms. The van der Waals surface area contributed by atoms with Crippen molar-refractivity contribution >= 4 is 44.4 Å². The molecule has 1 aliphatic rings. The van der Waals surface area contributed by atoms with E-state index in [1.807, 2.05) is 24.3 Å². The molecule has 0 saturated heterocycles. The second-order valence-corrected chi connectivity index (χ2v) is 8.97. The van der Waals surface area contributed by atoms with Crippen LogP contribution in [0.15, 0.2) is 103 Å². The fourth-order valence-corrected chi connectivity index (χ4v) is 5.46. The van der Waals surface area contributed by atoms with Gasteiger partial charge in [-0.15, -0.1) is 0 Å². The number of aromatic nitrogens is 1. The molecule has 0 unspecified atom stereocenters. The van der Waals surface area contributed by atoms with Gasteiger partial charge in [-0.1, -0.05) is 66.7 Å². The van der Waals surface area contributed by atoms with Crippen LogP contribution < -0.4 is 0 Å². The highest BCUT2D eigenvalue weighted by atomic mass is 16.2. The lowest BCUT2D eigenvalue weighted by Gasteiger charge is -2.24. The van der Waals surface area contributed by atoms with E-state index in [2.05, 4.69) is 77.4 Å². The van der Waals surface area contributed by atoms with E-state index in [9.17, 15) is 9.59 Å². The van der Waals surface area contributed by atoms with Gasteiger partial charge in [-0.05, 0) is 52.9 Å². The van der Waals surface area contributed by atoms with Crippen LogP contribution in [0.25, 0.3) is 49.4 Å². The molecule has 0 atom stereocenters. The molecule has 5 aromatic carbocycles. The van der Waals surface area contributed by atoms with E-state index < -0.39 is 0 Å². The van der Waals surface area contributed by atoms with Crippen LogP contribution in [-0.2, 0) is 0 Å². The van der Waals surface area contributed by atoms with Gasteiger partial charge in [0, 0.05) is 40.0 Å². The van der Waals surface area contributed by atoms with Gasteiger partial charge in [0.15, 0.2) is 0 Å². The van der Waals surface area contributed by atoms with E-state index in [4.69, 9.17) is 0 Å². The zero-order valence-corrected chi connectivity index (χ0v) is 19.0. The molecule has 0 fully saturated rings. The summed E-state index contributed by atoms with van der Waals surface area (Å²) in [5.74, 6) is -0.515. The van der Waals surface area contributed by atoms with Crippen LogP contribution in [0.3, 0.4) is 0 Å². The summed E-state index contributed by atoms with van der Waals surface area (Å²) < 4.78 is 2.29. The van der Waals surface area contributed by atoms with Crippen molar-refractivity contribution in [2.75, 3.05) is 7.05 Å². The summed E-state index contributed by atoms with van der Waals surface area (Å²) in [6.07, 6.45) is 0. The Bertz CT molecular complexity index is 1770. The lowest BCUT2D eigenvalue weighted by molar-refractivity contribution is 0.0650. The Hall–Kier alpha value is -4.70. The van der Waals surface area contributed by atoms with Crippen molar-refractivity contribution in [2.24, 2.45) is 0 Å². The maximum atomic E-state index is 12.8. The molecule has 0 N–H and O–H groups in total. The van der Waals surface area contributed by atoms with E-state index in [1.54, 1.807) is 6.07 Å². The first-order valence-corrected chi connectivity index (χ1v) is 11.6. The second kappa shape index (κ2) is 7.15. The number of benzene rings is 5. The fourth-order valence-electron chi connectivity index (χ4n) is 5.46. The predicted octanol–water partition coefficient (Wildman–Crippen LogP) is 6.83. The summed E-state index contributed by atoms with van der Waals surface area (Å²) >= 11 is 0. The van der Waals surface area contributed by atoms with Gasteiger partial charge >= 0.3 is 0 Å². The summed E-state index contributed by atoms with van der Waals surface area (Å²) in [5, 5.41) is 4.12. The highest BCUT2D eigenvalue weighted by Crippen LogP contribution is 2.37. The zero-order chi connectivity index (χ0) is 23.7. The molecule has 0 radical (unpaired) electrons. The predicted molar refractivity (Wildman–Crippen MR) is 140 cm³/mol. The Morgan fingerprint density at radius 3 is 1.71 bits per heavy atom. The molecule has 0 bridgehead atoms. The van der Waals surface area contributed by atoms with Crippen LogP contribution >= 0.6 is 0 Å². The minimum atomic E-state index is -0.257. The Kier molecular flexibility index (Phi) is 4.03. The normalized spacial score (nSPS) is 13.3. The van der Waals surface area contributed by atoms with Crippen molar-refractivity contribution < 1.29 is 9.59 Å². The van der Waals surface area contributed by atoms with Gasteiger partial charge in [0.1, 0.15) is 0 Å². The highest BCUT2D eigenvalue weighted by molar-refractivity contribution is 6.26. The van der Waals surface area contributed by atoms with Gasteiger partial charge < -0.3 is 4.57 Å². The average molecular weight is 453 g/mol. The standard InChI is InChI=1S/C31H20N2O2/c1-32-30(34)25-10-6-9-24-21(17-18-26(29(24)25)31(32)35)19-13-15-20(16-14-19)33-27-11-4-2-7-22(27)23-8-3-5-12-28(23)33/h2-18H,1H3. The molecule has 0 spiro atoms. The minimum absolute atomic E-state index is 0.257. The van der Waals surface area contributed by atoms with Gasteiger partial charge in [0.2, 0.25) is 0 Å². The van der Waals surface area contributed by atoms with Crippen molar-refractivity contribution in [3.05, 3.63) is 114 Å². The molecule has 2 heterocycles. The first-order valence-electron chi connectivity index (χ1n) is 11.6. The molecule has 0 aliphatic carbocycles. The highest BCUT2D eigenvalue weighted by Gasteiger charge is 2.30. The summed E-state index contributed by atoms with van der Waals surface area (Å²) in [6.45, 7) is 0. The minimum Gasteiger partial charge on any atom is -0.309 e. The molecule has 1 aromatic heterocycles. The third-order valence-corrected chi connectivity index (χ3v) is 7.13. The molecule has 166 valence electrons. The first-order chi connectivity index (χ1) is 17.1. The third kappa shape index (κ3) is 2.68. The van der Waals surface area contributed by atoms with E-state index in [0.29, 0.717) is 11.1 Å². The maximum Gasteiger partial charge on any atom is 0.261 e. The third-order valence-electron chi connectivity index (χ3n) is 7.13. The van der Waals surface area contributed by atoms with Gasteiger partial charge in [0.05, 0.1) is 11.0 Å². The number of carbonyl (C=O) groups excluding carboxylic acids is 2. The molecule has 1 aliphatic heterocycles. The number of hydrogen-bond acceptors (Lipinski definition) is 2. The second-order valence-electron chi connectivity index (χ2n) is 8.97. The summed E-state index contributed by atoms with van der Waals surface area (Å²) in [6, 6.07) is 34.9. The summed E-state index contributed by atoms with van der Waals surface area (Å²) in [7, 11) is 1.54. The van der Waals surface area contributed by atoms with Gasteiger partial charge in [0.25, 0.3) is 11.8 Å². The van der Waals surface area contributed by atoms with E-state index in [-0.39, 0.29) is 11.8 Å². The first kappa shape index (κ1) is 19.7. The number of hydrogen-bond donors (Lipinski definition) is 0. The van der Waals surface area contributed by atoms with Gasteiger partial charge in [-0.3, -0.25) is 14.5 Å². The lowest BCUT2D eigenvalue weighted by atomic mass is 9.89. The van der Waals surface area contributed by atoms with Crippen LogP contribution in [0.2, 0.25) is 0 Å². The van der Waals surface area contributed by atoms with E-state index in [1.165, 1.54) is 33.8 Å². The van der Waals surface area contributed by atoms with Crippen LogP contribution in [0.5, 0.6) is 0 Å². The van der Waals surface area contributed by atoms with Crippen molar-refractivity contribution in [1.82, 2.24) is 9.47 Å². The number of imide groups is 1. The number of para-hydroxylation sites is 2. The molecule has 4 nitrogen and oxygen atoms in total. The molecule has 6 aromatic rings. The average Bonchev–Trinajstić information content (AvgIpc) is 3.25. The smallest absolute Gasteiger partial charge is 0.261 e. The maximum absolute atomic E-state index is 12.8. The topological polar surface area (TPSA) is 42.3 Å². The van der Waals surface area contributed by atoms with Crippen LogP contribution in [-0.4, -0.2) is 28.3 Å². The van der Waals surface area contributed by atoms with Crippen LogP contribution in [0, 0.1) is 0 Å². The van der Waals surface area contributed by atoms with Crippen molar-refractivity contribution in [2.45, 2.75) is 0 Å². The number of nitrogens with zero attached hydrogens (tertiary/aromatic N) is 2. The van der Waals surface area contributed by atoms with Crippen molar-refractivity contribution in [3.8, 4) is 16.8 Å². The molecule has 7 rings (SSSR count). The largest absolute Gasteiger partial charge is 0.309 e. The molecule has 35 heavy (non-hydrogen) atoms. The quantitative estimate of drug-likeness (QED) is 0.270. The lowest BCUT2D eigenvalue weighted by Crippen LogP contribution is -2.36. The number of carbonyl (C=O) groups is 2. The zero-order valence-electron chi connectivity index (χ0n) is 19.0. The SMILES string of the molecule is CN1C(=O)c2cccc3c(-c4ccc(-n5c6ccccc6c6ccccc65)cc4)ccc(c23)C1=O. The monoisotopic (exact) mass is 452 g/mol. The molecular formula is C31H20N2O2. The van der Waals surface area contributed by atoms with Crippen LogP contribution in [0.1, 0.15) is 20.7 Å². The summed E-state index contributed by atoms with van der Waals surface area (Å²) in [4.78, 5) is 26.7. The molecular weight excluding hydrogens is 432 g/mol. The Morgan fingerprint density at radius 2 is 1.06 bits per heavy atom. The number of amides is 2. The van der Waals surface area contributed by atoms with Crippen molar-refractivity contribution in [3.63, 3.8) is 0 Å². The Labute approximate surface area is 201 Å². The Balaban J connectivity index is 1.41. The van der Waals surface area contributed by atoms with Gasteiger partial charge in [-0.25, -0.2) is 0 Å². The molecule has 0 saturated carbocycles. The van der Waals surface area contributed by atoms with Gasteiger partial charge in [-0.2, -0.15) is 0 Å².